The number of rotatable bonds is 14. The molecule has 0 saturated carbocycles. The molecule has 0 aliphatic rings. The summed E-state index contributed by atoms with van der Waals surface area (Å²) in [5.74, 6) is 1.46. The summed E-state index contributed by atoms with van der Waals surface area (Å²) in [5.41, 5.74) is 1.90. The molecule has 29 heavy (non-hydrogen) atoms. The van der Waals surface area contributed by atoms with Crippen LogP contribution in [0.5, 0.6) is 11.5 Å². The number of halogens is 3. The van der Waals surface area contributed by atoms with E-state index < -0.39 is 5.29 Å². The summed E-state index contributed by atoms with van der Waals surface area (Å²) in [6.07, 6.45) is 6.44. The van der Waals surface area contributed by atoms with Crippen LogP contribution in [0.3, 0.4) is 0 Å². The molecule has 0 bridgehead atoms. The molecule has 0 unspecified atom stereocenters. The maximum atomic E-state index is 12.6. The molecule has 0 aromatic heterocycles. The molecule has 1 rings (SSSR count). The minimum atomic E-state index is -0.794. The Morgan fingerprint density at radius 3 is 2.34 bits per heavy atom. The number of benzene rings is 1. The lowest BCUT2D eigenvalue weighted by molar-refractivity contribution is 0.139. The zero-order chi connectivity index (χ0) is 21.6. The van der Waals surface area contributed by atoms with Gasteiger partial charge in [-0.2, -0.15) is 4.39 Å². The van der Waals surface area contributed by atoms with Crippen LogP contribution in [0.15, 0.2) is 28.7 Å². The van der Waals surface area contributed by atoms with Gasteiger partial charge in [0.2, 0.25) is 0 Å². The van der Waals surface area contributed by atoms with Crippen LogP contribution in [0.1, 0.15) is 71.3 Å². The maximum Gasteiger partial charge on any atom is 0.188 e. The van der Waals surface area contributed by atoms with Crippen LogP contribution in [0.2, 0.25) is 5.02 Å². The van der Waals surface area contributed by atoms with Gasteiger partial charge in [0, 0.05) is 17.7 Å². The number of nitrogens with zero attached hydrogens (tertiary/aromatic N) is 1. The van der Waals surface area contributed by atoms with Crippen molar-refractivity contribution in [3.63, 3.8) is 0 Å². The van der Waals surface area contributed by atoms with E-state index in [2.05, 4.69) is 19.0 Å². The summed E-state index contributed by atoms with van der Waals surface area (Å²) in [5, 5.41) is 3.61. The number of unbranched alkanes of at least 4 members (excludes halogenated alkanes) is 4. The van der Waals surface area contributed by atoms with E-state index in [0.717, 1.165) is 49.5 Å². The van der Waals surface area contributed by atoms with Crippen LogP contribution >= 0.6 is 23.2 Å². The van der Waals surface area contributed by atoms with E-state index in [1.54, 1.807) is 6.07 Å². The second-order valence-corrected chi connectivity index (χ2v) is 8.04. The molecule has 0 heterocycles. The van der Waals surface area contributed by atoms with Gasteiger partial charge in [0.1, 0.15) is 24.7 Å². The third kappa shape index (κ3) is 11.3. The van der Waals surface area contributed by atoms with Gasteiger partial charge < -0.3 is 14.3 Å². The molecule has 4 nitrogen and oxygen atoms in total. The van der Waals surface area contributed by atoms with Gasteiger partial charge in [0.25, 0.3) is 0 Å². The molecule has 0 fully saturated rings. The second kappa shape index (κ2) is 14.5. The van der Waals surface area contributed by atoms with Crippen LogP contribution in [0.4, 0.5) is 4.39 Å². The Balaban J connectivity index is 2.42. The fourth-order valence-corrected chi connectivity index (χ4v) is 2.94. The Morgan fingerprint density at radius 2 is 1.72 bits per heavy atom. The molecular formula is C22H32Cl2FNO3. The van der Waals surface area contributed by atoms with Gasteiger partial charge in [-0.25, -0.2) is 0 Å². The average Bonchev–Trinajstić information content (AvgIpc) is 2.63. The van der Waals surface area contributed by atoms with Gasteiger partial charge in [-0.05, 0) is 45.1 Å². The van der Waals surface area contributed by atoms with E-state index in [1.165, 1.54) is 0 Å². The van der Waals surface area contributed by atoms with Crippen molar-refractivity contribution < 1.29 is 18.7 Å². The maximum absolute atomic E-state index is 12.6. The lowest BCUT2D eigenvalue weighted by Crippen LogP contribution is -2.04. The SMILES string of the molecule is CC(C)=NOCCCCCCCOc1c(Cl)cc(OC/C=C(\F)Cl)cc1C(C)C. The molecular weight excluding hydrogens is 416 g/mol. The molecule has 0 aliphatic carbocycles. The van der Waals surface area contributed by atoms with Gasteiger partial charge >= 0.3 is 0 Å². The predicted molar refractivity (Wildman–Crippen MR) is 119 cm³/mol. The summed E-state index contributed by atoms with van der Waals surface area (Å²) < 4.78 is 24.0. The second-order valence-electron chi connectivity index (χ2n) is 7.27. The van der Waals surface area contributed by atoms with Crippen LogP contribution in [0.25, 0.3) is 0 Å². The van der Waals surface area contributed by atoms with Crippen LogP contribution in [-0.2, 0) is 4.84 Å². The molecule has 0 aliphatic heterocycles. The molecule has 0 atom stereocenters. The zero-order valence-corrected chi connectivity index (χ0v) is 19.3. The van der Waals surface area contributed by atoms with E-state index in [4.69, 9.17) is 37.5 Å². The summed E-state index contributed by atoms with van der Waals surface area (Å²) in [6.45, 7) is 9.26. The van der Waals surface area contributed by atoms with E-state index in [9.17, 15) is 4.39 Å². The van der Waals surface area contributed by atoms with E-state index in [-0.39, 0.29) is 12.5 Å². The Morgan fingerprint density at radius 1 is 1.07 bits per heavy atom. The molecule has 1 aromatic carbocycles. The normalized spacial score (nSPS) is 11.5. The molecule has 1 aromatic rings. The van der Waals surface area contributed by atoms with Crippen LogP contribution < -0.4 is 9.47 Å². The Labute approximate surface area is 184 Å². The highest BCUT2D eigenvalue weighted by Gasteiger charge is 2.15. The largest absolute Gasteiger partial charge is 0.492 e. The lowest BCUT2D eigenvalue weighted by Gasteiger charge is -2.17. The average molecular weight is 448 g/mol. The number of ether oxygens (including phenoxy) is 2. The van der Waals surface area contributed by atoms with Gasteiger partial charge in [0.15, 0.2) is 5.29 Å². The summed E-state index contributed by atoms with van der Waals surface area (Å²) >= 11 is 11.6. The number of hydrogen-bond acceptors (Lipinski definition) is 4. The van der Waals surface area contributed by atoms with Crippen molar-refractivity contribution in [3.8, 4) is 11.5 Å². The Kier molecular flexibility index (Phi) is 12.8. The van der Waals surface area contributed by atoms with Gasteiger partial charge in [-0.1, -0.05) is 55.0 Å². The Bertz CT molecular complexity index is 670. The minimum absolute atomic E-state index is 0.0405. The quantitative estimate of drug-likeness (QED) is 0.167. The van der Waals surface area contributed by atoms with Crippen molar-refractivity contribution in [2.75, 3.05) is 19.8 Å². The first kappa shape index (κ1) is 25.6. The summed E-state index contributed by atoms with van der Waals surface area (Å²) in [6, 6.07) is 3.57. The van der Waals surface area contributed by atoms with Crippen molar-refractivity contribution in [2.45, 2.75) is 65.7 Å². The van der Waals surface area contributed by atoms with Crippen LogP contribution in [-0.4, -0.2) is 25.5 Å². The van der Waals surface area contributed by atoms with Crippen molar-refractivity contribution >= 4 is 28.9 Å². The fraction of sp³-hybridized carbons (Fsp3) is 0.591. The first-order valence-electron chi connectivity index (χ1n) is 10.0. The zero-order valence-electron chi connectivity index (χ0n) is 17.8. The summed E-state index contributed by atoms with van der Waals surface area (Å²) in [4.78, 5) is 5.19. The molecule has 0 amide bonds. The van der Waals surface area contributed by atoms with Crippen molar-refractivity contribution in [3.05, 3.63) is 34.1 Å². The standard InChI is InChI=1S/C22H32Cl2FNO3/c1-16(2)19-14-18(27-13-10-21(24)25)15-20(23)22(19)28-11-8-6-5-7-9-12-29-26-17(3)4/h10,14-16H,5-9,11-13H2,1-4H3/b21-10-. The van der Waals surface area contributed by atoms with E-state index in [0.29, 0.717) is 29.7 Å². The molecule has 7 heteroatoms. The highest BCUT2D eigenvalue weighted by atomic mass is 35.5. The first-order valence-corrected chi connectivity index (χ1v) is 10.8. The van der Waals surface area contributed by atoms with E-state index >= 15 is 0 Å². The first-order chi connectivity index (χ1) is 13.8. The van der Waals surface area contributed by atoms with Gasteiger partial charge in [-0.3, -0.25) is 0 Å². The number of hydrogen-bond donors (Lipinski definition) is 0. The van der Waals surface area contributed by atoms with Crippen molar-refractivity contribution in [1.29, 1.82) is 0 Å². The van der Waals surface area contributed by atoms with E-state index in [1.807, 2.05) is 19.9 Å². The predicted octanol–water partition coefficient (Wildman–Crippen LogP) is 7.63. The topological polar surface area (TPSA) is 40.0 Å². The highest BCUT2D eigenvalue weighted by molar-refractivity contribution is 6.32. The van der Waals surface area contributed by atoms with Gasteiger partial charge in [-0.15, -0.1) is 0 Å². The monoisotopic (exact) mass is 447 g/mol. The minimum Gasteiger partial charge on any atom is -0.492 e. The molecule has 0 spiro atoms. The van der Waals surface area contributed by atoms with Crippen LogP contribution in [0, 0.1) is 0 Å². The summed E-state index contributed by atoms with van der Waals surface area (Å²) in [7, 11) is 0. The third-order valence-electron chi connectivity index (χ3n) is 4.03. The van der Waals surface area contributed by atoms with Crippen molar-refractivity contribution in [2.24, 2.45) is 5.16 Å². The molecule has 164 valence electrons. The fourth-order valence-electron chi connectivity index (χ4n) is 2.60. The number of oxime groups is 1. The van der Waals surface area contributed by atoms with Crippen molar-refractivity contribution in [1.82, 2.24) is 0 Å². The molecule has 0 radical (unpaired) electrons. The highest BCUT2D eigenvalue weighted by Crippen LogP contribution is 2.37. The molecule has 0 saturated heterocycles. The Hall–Kier alpha value is -1.46. The lowest BCUT2D eigenvalue weighted by atomic mass is 10.0. The smallest absolute Gasteiger partial charge is 0.188 e. The third-order valence-corrected chi connectivity index (χ3v) is 4.46. The van der Waals surface area contributed by atoms with Gasteiger partial charge in [0.05, 0.1) is 17.3 Å². The molecule has 0 N–H and O–H groups in total.